The van der Waals surface area contributed by atoms with Crippen LogP contribution in [-0.2, 0) is 17.8 Å². The highest BCUT2D eigenvalue weighted by Gasteiger charge is 2.16. The lowest BCUT2D eigenvalue weighted by atomic mass is 10.0. The van der Waals surface area contributed by atoms with Gasteiger partial charge in [-0.2, -0.15) is 4.80 Å². The molecule has 0 saturated heterocycles. The predicted molar refractivity (Wildman–Crippen MR) is 105 cm³/mol. The number of nitrogens with two attached hydrogens (primary N) is 1. The molecule has 3 aromatic rings. The molecule has 3 rings (SSSR count). The normalized spacial score (nSPS) is 13.1. The number of amides is 1. The molecule has 1 amide bonds. The maximum atomic E-state index is 12.1. The van der Waals surface area contributed by atoms with Crippen molar-refractivity contribution in [3.63, 3.8) is 0 Å². The Morgan fingerprint density at radius 2 is 1.81 bits per heavy atom. The summed E-state index contributed by atoms with van der Waals surface area (Å²) in [5.41, 5.74) is 8.61. The summed E-state index contributed by atoms with van der Waals surface area (Å²) in [5, 5.41) is 15.5. The minimum absolute atomic E-state index is 0.0713. The number of hydrogen-bond donors (Lipinski definition) is 2. The minimum atomic E-state index is -0.234. The average Bonchev–Trinajstić information content (AvgIpc) is 3.16. The zero-order valence-electron chi connectivity index (χ0n) is 15.5. The van der Waals surface area contributed by atoms with Gasteiger partial charge in [0.1, 0.15) is 0 Å². The highest BCUT2D eigenvalue weighted by Crippen LogP contribution is 2.14. The van der Waals surface area contributed by atoms with Gasteiger partial charge in [0.05, 0.1) is 12.5 Å². The van der Waals surface area contributed by atoms with E-state index in [0.29, 0.717) is 12.4 Å². The standard InChI is InChI=1S/C20H24N6O/c1-14(15(2)21)20(27)22-18-10-8-16(9-11-18)12-13-26-24-19(23-25-26)17-6-4-3-5-7-17/h3-11,14-15H,12-13,21H2,1-2H3,(H,22,27). The van der Waals surface area contributed by atoms with E-state index >= 15 is 0 Å². The van der Waals surface area contributed by atoms with E-state index in [1.807, 2.05) is 68.4 Å². The Morgan fingerprint density at radius 3 is 2.48 bits per heavy atom. The number of nitrogens with zero attached hydrogens (tertiary/aromatic N) is 4. The van der Waals surface area contributed by atoms with Crippen molar-refractivity contribution in [1.29, 1.82) is 0 Å². The minimum Gasteiger partial charge on any atom is -0.327 e. The molecule has 0 radical (unpaired) electrons. The summed E-state index contributed by atoms with van der Waals surface area (Å²) in [6.45, 7) is 4.28. The third-order valence-electron chi connectivity index (χ3n) is 4.51. The number of carbonyl (C=O) groups is 1. The van der Waals surface area contributed by atoms with Crippen molar-refractivity contribution in [2.45, 2.75) is 32.9 Å². The average molecular weight is 364 g/mol. The van der Waals surface area contributed by atoms with Crippen LogP contribution in [0.4, 0.5) is 5.69 Å². The van der Waals surface area contributed by atoms with Crippen LogP contribution in [0.25, 0.3) is 11.4 Å². The number of aryl methyl sites for hydroxylation is 2. The third-order valence-corrected chi connectivity index (χ3v) is 4.51. The van der Waals surface area contributed by atoms with Crippen molar-refractivity contribution >= 4 is 11.6 Å². The number of aromatic nitrogens is 4. The Hall–Kier alpha value is -3.06. The molecule has 3 N–H and O–H groups in total. The van der Waals surface area contributed by atoms with Gasteiger partial charge in [0.15, 0.2) is 0 Å². The van der Waals surface area contributed by atoms with Gasteiger partial charge < -0.3 is 11.1 Å². The van der Waals surface area contributed by atoms with Crippen molar-refractivity contribution in [2.24, 2.45) is 11.7 Å². The lowest BCUT2D eigenvalue weighted by Gasteiger charge is -2.15. The van der Waals surface area contributed by atoms with E-state index in [1.165, 1.54) is 0 Å². The molecule has 0 bridgehead atoms. The molecule has 27 heavy (non-hydrogen) atoms. The first kappa shape index (κ1) is 18.7. The van der Waals surface area contributed by atoms with Crippen LogP contribution < -0.4 is 11.1 Å². The van der Waals surface area contributed by atoms with E-state index in [4.69, 9.17) is 5.73 Å². The number of tetrazole rings is 1. The van der Waals surface area contributed by atoms with Crippen molar-refractivity contribution in [1.82, 2.24) is 20.2 Å². The third kappa shape index (κ3) is 4.98. The van der Waals surface area contributed by atoms with Crippen molar-refractivity contribution < 1.29 is 4.79 Å². The highest BCUT2D eigenvalue weighted by molar-refractivity contribution is 5.92. The van der Waals surface area contributed by atoms with Crippen LogP contribution in [0, 0.1) is 5.92 Å². The maximum absolute atomic E-state index is 12.1. The molecule has 0 fully saturated rings. The molecule has 2 atom stereocenters. The van der Waals surface area contributed by atoms with Crippen LogP contribution in [0.3, 0.4) is 0 Å². The fourth-order valence-corrected chi connectivity index (χ4v) is 2.52. The first-order valence-electron chi connectivity index (χ1n) is 9.01. The van der Waals surface area contributed by atoms with Crippen LogP contribution >= 0.6 is 0 Å². The second-order valence-corrected chi connectivity index (χ2v) is 6.66. The number of carbonyl (C=O) groups excluding carboxylic acids is 1. The Kier molecular flexibility index (Phi) is 5.93. The zero-order chi connectivity index (χ0) is 19.2. The molecule has 0 spiro atoms. The number of nitrogens with one attached hydrogen (secondary N) is 1. The molecule has 1 aromatic heterocycles. The summed E-state index contributed by atoms with van der Waals surface area (Å²) < 4.78 is 0. The molecule has 0 saturated carbocycles. The van der Waals surface area contributed by atoms with Gasteiger partial charge in [-0.05, 0) is 36.3 Å². The number of anilines is 1. The zero-order valence-corrected chi connectivity index (χ0v) is 15.5. The fourth-order valence-electron chi connectivity index (χ4n) is 2.52. The highest BCUT2D eigenvalue weighted by atomic mass is 16.1. The van der Waals surface area contributed by atoms with Crippen LogP contribution in [-0.4, -0.2) is 32.2 Å². The van der Waals surface area contributed by atoms with E-state index in [2.05, 4.69) is 20.7 Å². The van der Waals surface area contributed by atoms with E-state index < -0.39 is 0 Å². The quantitative estimate of drug-likeness (QED) is 0.671. The molecule has 7 heteroatoms. The summed E-state index contributed by atoms with van der Waals surface area (Å²) in [6.07, 6.45) is 0.773. The Bertz CT molecular complexity index is 873. The van der Waals surface area contributed by atoms with Crippen LogP contribution in [0.1, 0.15) is 19.4 Å². The summed E-state index contributed by atoms with van der Waals surface area (Å²) in [5.74, 6) is 0.316. The molecular formula is C20H24N6O. The second-order valence-electron chi connectivity index (χ2n) is 6.66. The maximum Gasteiger partial charge on any atom is 0.228 e. The Morgan fingerprint density at radius 1 is 1.11 bits per heavy atom. The predicted octanol–water partition coefficient (Wildman–Crippen LogP) is 2.50. The van der Waals surface area contributed by atoms with Crippen LogP contribution in [0.15, 0.2) is 54.6 Å². The van der Waals surface area contributed by atoms with Gasteiger partial charge in [-0.3, -0.25) is 4.79 Å². The molecule has 2 aromatic carbocycles. The molecule has 1 heterocycles. The second kappa shape index (κ2) is 8.55. The summed E-state index contributed by atoms with van der Waals surface area (Å²) in [4.78, 5) is 13.7. The monoisotopic (exact) mass is 364 g/mol. The molecule has 140 valence electrons. The number of rotatable bonds is 7. The topological polar surface area (TPSA) is 98.7 Å². The number of hydrogen-bond acceptors (Lipinski definition) is 5. The number of benzene rings is 2. The van der Waals surface area contributed by atoms with Crippen LogP contribution in [0.5, 0.6) is 0 Å². The smallest absolute Gasteiger partial charge is 0.228 e. The first-order valence-corrected chi connectivity index (χ1v) is 9.01. The van der Waals surface area contributed by atoms with Gasteiger partial charge in [0, 0.05) is 17.3 Å². The largest absolute Gasteiger partial charge is 0.327 e. The van der Waals surface area contributed by atoms with Crippen molar-refractivity contribution in [2.75, 3.05) is 5.32 Å². The summed E-state index contributed by atoms with van der Waals surface area (Å²) >= 11 is 0. The molecule has 7 nitrogen and oxygen atoms in total. The molecule has 0 aliphatic carbocycles. The Labute approximate surface area is 158 Å². The van der Waals surface area contributed by atoms with Gasteiger partial charge in [-0.25, -0.2) is 0 Å². The summed E-state index contributed by atoms with van der Waals surface area (Å²) in [7, 11) is 0. The molecular weight excluding hydrogens is 340 g/mol. The summed E-state index contributed by atoms with van der Waals surface area (Å²) in [6, 6.07) is 17.4. The van der Waals surface area contributed by atoms with E-state index in [9.17, 15) is 4.79 Å². The molecule has 0 aliphatic rings. The van der Waals surface area contributed by atoms with Crippen LogP contribution in [0.2, 0.25) is 0 Å². The van der Waals surface area contributed by atoms with Gasteiger partial charge in [0.2, 0.25) is 11.7 Å². The van der Waals surface area contributed by atoms with Gasteiger partial charge in [-0.15, -0.1) is 10.2 Å². The van der Waals surface area contributed by atoms with E-state index in [1.54, 1.807) is 4.80 Å². The Balaban J connectivity index is 1.55. The fraction of sp³-hybridized carbons (Fsp3) is 0.300. The lowest BCUT2D eigenvalue weighted by molar-refractivity contribution is -0.119. The SMILES string of the molecule is CC(N)C(C)C(=O)Nc1ccc(CCn2nnc(-c3ccccc3)n2)cc1. The van der Waals surface area contributed by atoms with Gasteiger partial charge >= 0.3 is 0 Å². The van der Waals surface area contributed by atoms with Crippen molar-refractivity contribution in [3.05, 3.63) is 60.2 Å². The van der Waals surface area contributed by atoms with Gasteiger partial charge in [0.25, 0.3) is 0 Å². The lowest BCUT2D eigenvalue weighted by Crippen LogP contribution is -2.34. The van der Waals surface area contributed by atoms with Crippen molar-refractivity contribution in [3.8, 4) is 11.4 Å². The van der Waals surface area contributed by atoms with Gasteiger partial charge in [-0.1, -0.05) is 49.4 Å². The molecule has 0 aliphatic heterocycles. The van der Waals surface area contributed by atoms with E-state index in [0.717, 1.165) is 23.2 Å². The first-order chi connectivity index (χ1) is 13.0. The van der Waals surface area contributed by atoms with E-state index in [-0.39, 0.29) is 17.9 Å². The molecule has 2 unspecified atom stereocenters.